The Bertz CT molecular complexity index is 731. The lowest BCUT2D eigenvalue weighted by Gasteiger charge is -2.29. The van der Waals surface area contributed by atoms with Crippen molar-refractivity contribution in [3.63, 3.8) is 0 Å². The summed E-state index contributed by atoms with van der Waals surface area (Å²) in [5.41, 5.74) is 0.211. The minimum Gasteiger partial charge on any atom is -0.444 e. The van der Waals surface area contributed by atoms with Crippen LogP contribution >= 0.6 is 11.6 Å². The number of piperidine rings is 1. The predicted octanol–water partition coefficient (Wildman–Crippen LogP) is 3.77. The van der Waals surface area contributed by atoms with Crippen LogP contribution in [0.5, 0.6) is 0 Å². The summed E-state index contributed by atoms with van der Waals surface area (Å²) < 4.78 is 5.51. The fraction of sp³-hybridized carbons (Fsp3) is 0.611. The first kappa shape index (κ1) is 18.0. The average Bonchev–Trinajstić information content (AvgIpc) is 3.02. The fourth-order valence-corrected chi connectivity index (χ4v) is 3.56. The molecule has 0 unspecified atom stereocenters. The van der Waals surface area contributed by atoms with Crippen LogP contribution in [0.2, 0.25) is 5.15 Å². The number of nitrogens with zero attached hydrogens (tertiary/aromatic N) is 2. The molecular formula is C18H24ClN3O3. The van der Waals surface area contributed by atoms with Crippen molar-refractivity contribution in [2.75, 3.05) is 5.32 Å². The number of aryl methyl sites for hydroxylation is 1. The molecule has 1 aromatic rings. The van der Waals surface area contributed by atoms with Gasteiger partial charge in [0.25, 0.3) is 0 Å². The van der Waals surface area contributed by atoms with Gasteiger partial charge in [0.1, 0.15) is 22.6 Å². The maximum Gasteiger partial charge on any atom is 0.411 e. The van der Waals surface area contributed by atoms with Crippen LogP contribution in [0.15, 0.2) is 12.1 Å². The zero-order valence-corrected chi connectivity index (χ0v) is 16.0. The number of ether oxygens (including phenoxy) is 1. The number of fused-ring (bicyclic) bond motifs is 1. The molecule has 1 aromatic heterocycles. The maximum absolute atomic E-state index is 12.8. The van der Waals surface area contributed by atoms with Gasteiger partial charge in [-0.25, -0.2) is 9.78 Å². The van der Waals surface area contributed by atoms with Crippen LogP contribution in [0.25, 0.3) is 0 Å². The van der Waals surface area contributed by atoms with Gasteiger partial charge in [-0.1, -0.05) is 24.6 Å². The number of aromatic nitrogens is 1. The number of halogens is 1. The van der Waals surface area contributed by atoms with E-state index in [4.69, 9.17) is 16.3 Å². The van der Waals surface area contributed by atoms with Crippen molar-refractivity contribution in [3.05, 3.63) is 22.8 Å². The number of anilines is 1. The zero-order valence-electron chi connectivity index (χ0n) is 15.2. The van der Waals surface area contributed by atoms with E-state index >= 15 is 0 Å². The molecule has 0 bridgehead atoms. The van der Waals surface area contributed by atoms with Gasteiger partial charge in [0, 0.05) is 6.04 Å². The van der Waals surface area contributed by atoms with Crippen LogP contribution in [0.1, 0.15) is 46.1 Å². The third kappa shape index (κ3) is 3.59. The fourth-order valence-electron chi connectivity index (χ4n) is 3.41. The zero-order chi connectivity index (χ0) is 18.6. The lowest BCUT2D eigenvalue weighted by Crippen LogP contribution is -2.47. The summed E-state index contributed by atoms with van der Waals surface area (Å²) in [4.78, 5) is 31.2. The van der Waals surface area contributed by atoms with Gasteiger partial charge in [-0.05, 0) is 57.6 Å². The molecule has 1 saturated carbocycles. The monoisotopic (exact) mass is 365 g/mol. The molecule has 2 fully saturated rings. The quantitative estimate of drug-likeness (QED) is 0.810. The lowest BCUT2D eigenvalue weighted by molar-refractivity contribution is -0.121. The number of carbonyl (C=O) groups is 2. The number of likely N-dealkylation sites (tertiary alicyclic amines) is 1. The number of nitrogens with one attached hydrogen (secondary N) is 1. The van der Waals surface area contributed by atoms with Crippen LogP contribution in [0.3, 0.4) is 0 Å². The summed E-state index contributed by atoms with van der Waals surface area (Å²) in [6.45, 7) is 9.41. The number of hydrogen-bond acceptors (Lipinski definition) is 4. The molecule has 7 heteroatoms. The number of amides is 2. The van der Waals surface area contributed by atoms with Gasteiger partial charge in [-0.15, -0.1) is 0 Å². The Balaban J connectivity index is 1.78. The molecule has 3 atom stereocenters. The van der Waals surface area contributed by atoms with Crippen molar-refractivity contribution in [2.24, 2.45) is 5.41 Å². The van der Waals surface area contributed by atoms with Crippen LogP contribution in [0.4, 0.5) is 10.6 Å². The van der Waals surface area contributed by atoms with Gasteiger partial charge in [0.2, 0.25) is 5.91 Å². The van der Waals surface area contributed by atoms with Gasteiger partial charge < -0.3 is 10.1 Å². The van der Waals surface area contributed by atoms with Gasteiger partial charge in [0.15, 0.2) is 0 Å². The standard InChI is InChI=1S/C18H24ClN3O3/c1-10-6-7-13(19)20-14(10)21-15(23)11-8-18(5)9-12(18)22(11)16(24)25-17(2,3)4/h6-7,11-12H,8-9H2,1-5H3,(H,20,21,23)/t11-,12-,18+/m1/s1. The first-order chi connectivity index (χ1) is 11.5. The third-order valence-electron chi connectivity index (χ3n) is 4.85. The van der Waals surface area contributed by atoms with Crippen LogP contribution in [0, 0.1) is 12.3 Å². The molecule has 136 valence electrons. The molecule has 0 radical (unpaired) electrons. The average molecular weight is 366 g/mol. The molecule has 25 heavy (non-hydrogen) atoms. The number of hydrogen-bond donors (Lipinski definition) is 1. The highest BCUT2D eigenvalue weighted by Gasteiger charge is 2.65. The molecule has 0 aromatic carbocycles. The summed E-state index contributed by atoms with van der Waals surface area (Å²) in [6, 6.07) is 2.97. The minimum absolute atomic E-state index is 0.00425. The normalized spacial score (nSPS) is 27.7. The van der Waals surface area contributed by atoms with E-state index in [1.807, 2.05) is 27.7 Å². The van der Waals surface area contributed by atoms with Crippen LogP contribution in [-0.4, -0.2) is 39.6 Å². The molecule has 3 rings (SSSR count). The summed E-state index contributed by atoms with van der Waals surface area (Å²) in [6.07, 6.45) is 1.10. The second-order valence-electron chi connectivity index (χ2n) is 8.27. The van der Waals surface area contributed by atoms with E-state index < -0.39 is 17.7 Å². The molecule has 0 spiro atoms. The van der Waals surface area contributed by atoms with E-state index in [-0.39, 0.29) is 17.4 Å². The summed E-state index contributed by atoms with van der Waals surface area (Å²) >= 11 is 5.92. The SMILES string of the molecule is Cc1ccc(Cl)nc1NC(=O)[C@H]1C[C@@]2(C)C[C@H]2N1C(=O)OC(C)(C)C. The van der Waals surface area contributed by atoms with E-state index in [0.717, 1.165) is 12.0 Å². The Morgan fingerprint density at radius 2 is 2.04 bits per heavy atom. The summed E-state index contributed by atoms with van der Waals surface area (Å²) in [5, 5.41) is 3.13. The predicted molar refractivity (Wildman–Crippen MR) is 95.6 cm³/mol. The molecule has 2 amide bonds. The van der Waals surface area contributed by atoms with Gasteiger partial charge >= 0.3 is 6.09 Å². The smallest absolute Gasteiger partial charge is 0.411 e. The van der Waals surface area contributed by atoms with E-state index in [1.54, 1.807) is 17.0 Å². The molecular weight excluding hydrogens is 342 g/mol. The Labute approximate surface area is 152 Å². The summed E-state index contributed by atoms with van der Waals surface area (Å²) in [7, 11) is 0. The van der Waals surface area contributed by atoms with Crippen molar-refractivity contribution in [1.29, 1.82) is 0 Å². The number of carbonyl (C=O) groups excluding carboxylic acids is 2. The molecule has 1 N–H and O–H groups in total. The van der Waals surface area contributed by atoms with Crippen molar-refractivity contribution in [3.8, 4) is 0 Å². The molecule has 1 aliphatic carbocycles. The van der Waals surface area contributed by atoms with Crippen molar-refractivity contribution >= 4 is 29.4 Å². The van der Waals surface area contributed by atoms with Crippen LogP contribution in [-0.2, 0) is 9.53 Å². The Hall–Kier alpha value is -1.82. The Morgan fingerprint density at radius 3 is 2.68 bits per heavy atom. The van der Waals surface area contributed by atoms with E-state index in [9.17, 15) is 9.59 Å². The minimum atomic E-state index is -0.600. The first-order valence-electron chi connectivity index (χ1n) is 8.45. The van der Waals surface area contributed by atoms with Gasteiger partial charge in [-0.2, -0.15) is 0 Å². The van der Waals surface area contributed by atoms with Gasteiger partial charge in [-0.3, -0.25) is 9.69 Å². The van der Waals surface area contributed by atoms with Crippen molar-refractivity contribution in [2.45, 2.75) is 65.1 Å². The number of pyridine rings is 1. The highest BCUT2D eigenvalue weighted by atomic mass is 35.5. The van der Waals surface area contributed by atoms with Crippen molar-refractivity contribution < 1.29 is 14.3 Å². The topological polar surface area (TPSA) is 71.5 Å². The van der Waals surface area contributed by atoms with Crippen LogP contribution < -0.4 is 5.32 Å². The largest absolute Gasteiger partial charge is 0.444 e. The van der Waals surface area contributed by atoms with E-state index in [1.165, 1.54) is 0 Å². The van der Waals surface area contributed by atoms with E-state index in [2.05, 4.69) is 17.2 Å². The molecule has 1 aliphatic heterocycles. The molecule has 2 aliphatic rings. The molecule has 6 nitrogen and oxygen atoms in total. The summed E-state index contributed by atoms with van der Waals surface area (Å²) in [5.74, 6) is 0.171. The number of rotatable bonds is 2. The maximum atomic E-state index is 12.8. The van der Waals surface area contributed by atoms with Gasteiger partial charge in [0.05, 0.1) is 0 Å². The van der Waals surface area contributed by atoms with E-state index in [0.29, 0.717) is 17.4 Å². The second-order valence-corrected chi connectivity index (χ2v) is 8.66. The Morgan fingerprint density at radius 1 is 1.36 bits per heavy atom. The van der Waals surface area contributed by atoms with Crippen molar-refractivity contribution in [1.82, 2.24) is 9.88 Å². The lowest BCUT2D eigenvalue weighted by atomic mass is 10.0. The second kappa shape index (κ2) is 5.87. The first-order valence-corrected chi connectivity index (χ1v) is 8.83. The highest BCUT2D eigenvalue weighted by Crippen LogP contribution is 2.59. The molecule has 1 saturated heterocycles. The Kier molecular flexibility index (Phi) is 4.22. The molecule has 2 heterocycles. The highest BCUT2D eigenvalue weighted by molar-refractivity contribution is 6.29. The third-order valence-corrected chi connectivity index (χ3v) is 5.06.